The van der Waals surface area contributed by atoms with Crippen LogP contribution in [0.25, 0.3) is 22.3 Å². The Morgan fingerprint density at radius 2 is 1.85 bits per heavy atom. The Hall–Kier alpha value is -3.78. The van der Waals surface area contributed by atoms with Gasteiger partial charge in [0.1, 0.15) is 5.69 Å². The van der Waals surface area contributed by atoms with E-state index in [1.54, 1.807) is 0 Å². The molecule has 212 valence electrons. The first-order valence-corrected chi connectivity index (χ1v) is 14.2. The van der Waals surface area contributed by atoms with E-state index >= 15 is 4.39 Å². The lowest BCUT2D eigenvalue weighted by Gasteiger charge is -2.40. The maximum absolute atomic E-state index is 15.0. The Labute approximate surface area is 227 Å². The van der Waals surface area contributed by atoms with Gasteiger partial charge in [-0.15, -0.1) is 0 Å². The molecule has 2 aromatic heterocycles. The number of alkyl halides is 3. The highest BCUT2D eigenvalue weighted by atomic mass is 32.2. The van der Waals surface area contributed by atoms with E-state index < -0.39 is 44.5 Å². The molecule has 0 amide bonds. The number of halogens is 4. The smallest absolute Gasteiger partial charge is 0.416 e. The van der Waals surface area contributed by atoms with Crippen LogP contribution in [0, 0.1) is 12.7 Å². The largest absolute Gasteiger partial charge is 0.505 e. The number of piperazine rings is 1. The lowest BCUT2D eigenvalue weighted by Crippen LogP contribution is -2.56. The normalized spacial score (nSPS) is 17.1. The fourth-order valence-corrected chi connectivity index (χ4v) is 5.88. The van der Waals surface area contributed by atoms with E-state index in [4.69, 9.17) is 0 Å². The molecule has 1 aliphatic heterocycles. The number of hydrogen-bond donors (Lipinski definition) is 1. The molecule has 0 aliphatic carbocycles. The average molecular weight is 579 g/mol. The van der Waals surface area contributed by atoms with Crippen molar-refractivity contribution in [2.45, 2.75) is 25.6 Å². The van der Waals surface area contributed by atoms with Crippen LogP contribution in [0.15, 0.2) is 42.6 Å². The first kappa shape index (κ1) is 27.8. The van der Waals surface area contributed by atoms with Gasteiger partial charge < -0.3 is 10.0 Å². The number of anilines is 1. The highest BCUT2D eigenvalue weighted by Gasteiger charge is 2.37. The molecule has 40 heavy (non-hydrogen) atoms. The molecular formula is C26H26F4N6O3S. The molecule has 1 aliphatic rings. The standard InChI is InChI=1S/C26H26F4N6O3S/c1-15-20(26(28,29)30)12-18(21(27)23(15)37)22-19-13-31-25(32-24(19)34(2)33-22)36-10-9-35(40(3,38)39)14-17(36)11-16-7-5-4-6-8-16/h4-8,12-13,17,37H,9-11,14H2,1-3H3/t17-/m1/s1. The molecule has 0 saturated carbocycles. The van der Waals surface area contributed by atoms with Crippen LogP contribution in [0.3, 0.4) is 0 Å². The maximum Gasteiger partial charge on any atom is 0.416 e. The number of phenols is 1. The van der Waals surface area contributed by atoms with Crippen LogP contribution in [-0.2, 0) is 29.7 Å². The molecule has 1 N–H and O–H groups in total. The van der Waals surface area contributed by atoms with Crippen molar-refractivity contribution in [1.82, 2.24) is 24.1 Å². The van der Waals surface area contributed by atoms with Gasteiger partial charge in [-0.1, -0.05) is 30.3 Å². The van der Waals surface area contributed by atoms with Crippen molar-refractivity contribution in [2.75, 3.05) is 30.8 Å². The predicted molar refractivity (Wildman–Crippen MR) is 141 cm³/mol. The van der Waals surface area contributed by atoms with Crippen LogP contribution in [0.5, 0.6) is 5.75 Å². The molecule has 9 nitrogen and oxygen atoms in total. The zero-order chi connectivity index (χ0) is 29.0. The summed E-state index contributed by atoms with van der Waals surface area (Å²) in [6, 6.07) is 9.87. The first-order valence-electron chi connectivity index (χ1n) is 12.3. The third-order valence-electron chi connectivity index (χ3n) is 7.11. The molecule has 0 radical (unpaired) electrons. The van der Waals surface area contributed by atoms with Crippen LogP contribution in [0.2, 0.25) is 0 Å². The van der Waals surface area contributed by atoms with Crippen LogP contribution in [-0.4, -0.2) is 69.5 Å². The van der Waals surface area contributed by atoms with Gasteiger partial charge in [0, 0.05) is 50.0 Å². The molecule has 0 bridgehead atoms. The van der Waals surface area contributed by atoms with Crippen molar-refractivity contribution in [3.8, 4) is 17.0 Å². The van der Waals surface area contributed by atoms with Gasteiger partial charge in [0.2, 0.25) is 16.0 Å². The predicted octanol–water partition coefficient (Wildman–Crippen LogP) is 3.90. The zero-order valence-corrected chi connectivity index (χ0v) is 22.6. The van der Waals surface area contributed by atoms with Crippen molar-refractivity contribution in [1.29, 1.82) is 0 Å². The number of phenolic OH excluding ortho intramolecular Hbond substituents is 1. The van der Waals surface area contributed by atoms with Crippen molar-refractivity contribution in [3.05, 3.63) is 65.1 Å². The lowest BCUT2D eigenvalue weighted by molar-refractivity contribution is -0.138. The van der Waals surface area contributed by atoms with Crippen molar-refractivity contribution < 1.29 is 31.1 Å². The molecule has 1 atom stereocenters. The summed E-state index contributed by atoms with van der Waals surface area (Å²) in [5.41, 5.74) is -1.24. The number of benzene rings is 2. The number of aromatic nitrogens is 4. The molecule has 14 heteroatoms. The van der Waals surface area contributed by atoms with Crippen LogP contribution >= 0.6 is 0 Å². The topological polar surface area (TPSA) is 104 Å². The van der Waals surface area contributed by atoms with Crippen LogP contribution in [0.4, 0.5) is 23.5 Å². The van der Waals surface area contributed by atoms with Crippen LogP contribution in [0.1, 0.15) is 16.7 Å². The summed E-state index contributed by atoms with van der Waals surface area (Å²) >= 11 is 0. The monoisotopic (exact) mass is 578 g/mol. The fourth-order valence-electron chi connectivity index (χ4n) is 5.02. The Morgan fingerprint density at radius 1 is 1.15 bits per heavy atom. The van der Waals surface area contributed by atoms with Gasteiger partial charge in [0.15, 0.2) is 17.2 Å². The Morgan fingerprint density at radius 3 is 2.50 bits per heavy atom. The molecular weight excluding hydrogens is 552 g/mol. The molecule has 1 fully saturated rings. The number of sulfonamides is 1. The summed E-state index contributed by atoms with van der Waals surface area (Å²) in [4.78, 5) is 10.9. The lowest BCUT2D eigenvalue weighted by atomic mass is 9.99. The Balaban J connectivity index is 1.57. The number of hydrogen-bond acceptors (Lipinski definition) is 7. The van der Waals surface area contributed by atoms with Gasteiger partial charge in [-0.05, 0) is 25.0 Å². The molecule has 0 unspecified atom stereocenters. The summed E-state index contributed by atoms with van der Waals surface area (Å²) < 4.78 is 83.1. The van der Waals surface area contributed by atoms with Crippen molar-refractivity contribution >= 4 is 27.0 Å². The van der Waals surface area contributed by atoms with E-state index in [9.17, 15) is 26.7 Å². The van der Waals surface area contributed by atoms with E-state index in [2.05, 4.69) is 15.1 Å². The van der Waals surface area contributed by atoms with E-state index in [1.807, 2.05) is 35.2 Å². The van der Waals surface area contributed by atoms with Gasteiger partial charge in [-0.2, -0.15) is 27.6 Å². The van der Waals surface area contributed by atoms with Gasteiger partial charge in [0.05, 0.1) is 17.2 Å². The minimum Gasteiger partial charge on any atom is -0.505 e. The van der Waals surface area contributed by atoms with E-state index in [0.29, 0.717) is 19.0 Å². The third kappa shape index (κ3) is 5.08. The number of fused-ring (bicyclic) bond motifs is 1. The third-order valence-corrected chi connectivity index (χ3v) is 8.38. The number of aromatic hydroxyl groups is 1. The molecule has 0 spiro atoms. The molecule has 4 aromatic rings. The highest BCUT2D eigenvalue weighted by Crippen LogP contribution is 2.42. The number of nitrogens with zero attached hydrogens (tertiary/aromatic N) is 6. The fraction of sp³-hybridized carbons (Fsp3) is 0.346. The first-order chi connectivity index (χ1) is 18.8. The summed E-state index contributed by atoms with van der Waals surface area (Å²) in [7, 11) is -1.92. The van der Waals surface area contributed by atoms with Crippen molar-refractivity contribution in [3.63, 3.8) is 0 Å². The zero-order valence-electron chi connectivity index (χ0n) is 21.8. The second-order valence-electron chi connectivity index (χ2n) is 9.79. The average Bonchev–Trinajstić information content (AvgIpc) is 3.22. The van der Waals surface area contributed by atoms with E-state index in [1.165, 1.54) is 22.2 Å². The molecule has 2 aromatic carbocycles. The summed E-state index contributed by atoms with van der Waals surface area (Å²) in [6.07, 6.45) is -1.79. The van der Waals surface area contributed by atoms with Crippen molar-refractivity contribution in [2.24, 2.45) is 7.05 Å². The van der Waals surface area contributed by atoms with Gasteiger partial charge in [0.25, 0.3) is 0 Å². The van der Waals surface area contributed by atoms with E-state index in [0.717, 1.165) is 18.7 Å². The van der Waals surface area contributed by atoms with E-state index in [-0.39, 0.29) is 41.8 Å². The Bertz CT molecular complexity index is 1690. The second kappa shape index (κ2) is 10.0. The summed E-state index contributed by atoms with van der Waals surface area (Å²) in [6.45, 7) is 1.72. The van der Waals surface area contributed by atoms with Gasteiger partial charge in [-0.25, -0.2) is 22.5 Å². The minimum absolute atomic E-state index is 0.148. The van der Waals surface area contributed by atoms with Gasteiger partial charge >= 0.3 is 6.18 Å². The quantitative estimate of drug-likeness (QED) is 0.359. The highest BCUT2D eigenvalue weighted by molar-refractivity contribution is 7.88. The molecule has 5 rings (SSSR count). The second-order valence-corrected chi connectivity index (χ2v) is 11.8. The van der Waals surface area contributed by atoms with Gasteiger partial charge in [-0.3, -0.25) is 0 Å². The summed E-state index contributed by atoms with van der Waals surface area (Å²) in [5.74, 6) is -2.05. The minimum atomic E-state index is -4.82. The summed E-state index contributed by atoms with van der Waals surface area (Å²) in [5, 5.41) is 14.5. The number of rotatable bonds is 5. The molecule has 1 saturated heterocycles. The Kier molecular flexibility index (Phi) is 6.94. The maximum atomic E-state index is 15.0. The van der Waals surface area contributed by atoms with Crippen LogP contribution < -0.4 is 4.90 Å². The SMILES string of the molecule is Cc1c(C(F)(F)F)cc(-c2nn(C)c3nc(N4CCN(S(C)(=O)=O)C[C@H]4Cc4ccccc4)ncc23)c(F)c1O. The molecule has 3 heterocycles. The number of aryl methyl sites for hydroxylation is 1.